The highest BCUT2D eigenvalue weighted by Gasteiger charge is 2.17. The zero-order valence-electron chi connectivity index (χ0n) is 10.7. The lowest BCUT2D eigenvalue weighted by atomic mass is 10.2. The van der Waals surface area contributed by atoms with Gasteiger partial charge < -0.3 is 15.0 Å². The van der Waals surface area contributed by atoms with Crippen molar-refractivity contribution in [1.29, 1.82) is 0 Å². The van der Waals surface area contributed by atoms with Crippen LogP contribution in [0.25, 0.3) is 0 Å². The van der Waals surface area contributed by atoms with Crippen molar-refractivity contribution in [1.82, 2.24) is 14.8 Å². The largest absolute Gasteiger partial charge is 0.462 e. The number of carbonyl (C=O) groups excluding carboxylic acids is 1. The number of aromatic nitrogens is 3. The summed E-state index contributed by atoms with van der Waals surface area (Å²) in [6, 6.07) is 5.15. The Bertz CT molecular complexity index is 597. The Kier molecular flexibility index (Phi) is 4.06. The van der Waals surface area contributed by atoms with E-state index in [0.29, 0.717) is 27.9 Å². The molecule has 0 aliphatic rings. The van der Waals surface area contributed by atoms with E-state index in [1.807, 2.05) is 7.05 Å². The minimum absolute atomic E-state index is 0.321. The zero-order chi connectivity index (χ0) is 13.8. The highest BCUT2D eigenvalue weighted by atomic mass is 32.2. The van der Waals surface area contributed by atoms with Crippen LogP contribution in [0, 0.1) is 0 Å². The molecule has 2 aromatic rings. The van der Waals surface area contributed by atoms with Gasteiger partial charge >= 0.3 is 5.97 Å². The Hall–Kier alpha value is -2.02. The van der Waals surface area contributed by atoms with Gasteiger partial charge in [0.1, 0.15) is 6.33 Å². The maximum absolute atomic E-state index is 11.9. The number of aryl methyl sites for hydroxylation is 1. The van der Waals surface area contributed by atoms with Gasteiger partial charge in [-0.2, -0.15) is 0 Å². The van der Waals surface area contributed by atoms with Crippen molar-refractivity contribution >= 4 is 23.4 Å². The molecule has 19 heavy (non-hydrogen) atoms. The van der Waals surface area contributed by atoms with Crippen LogP contribution in [0.5, 0.6) is 0 Å². The maximum atomic E-state index is 11.9. The molecule has 0 saturated heterocycles. The summed E-state index contributed by atoms with van der Waals surface area (Å²) < 4.78 is 6.78. The number of rotatable bonds is 4. The molecule has 0 radical (unpaired) electrons. The summed E-state index contributed by atoms with van der Waals surface area (Å²) in [6.45, 7) is 2.08. The summed E-state index contributed by atoms with van der Waals surface area (Å²) in [5.74, 6) is -0.389. The van der Waals surface area contributed by atoms with Gasteiger partial charge in [0, 0.05) is 12.7 Å². The number of nitrogens with zero attached hydrogens (tertiary/aromatic N) is 3. The van der Waals surface area contributed by atoms with Crippen LogP contribution in [0.3, 0.4) is 0 Å². The van der Waals surface area contributed by atoms with Gasteiger partial charge in [0.15, 0.2) is 5.16 Å². The van der Waals surface area contributed by atoms with Crippen molar-refractivity contribution in [3.63, 3.8) is 0 Å². The van der Waals surface area contributed by atoms with E-state index in [4.69, 9.17) is 10.5 Å². The third-order valence-corrected chi connectivity index (χ3v) is 3.62. The molecular formula is C12H14N4O2S. The van der Waals surface area contributed by atoms with Gasteiger partial charge in [0.2, 0.25) is 0 Å². The molecule has 0 saturated carbocycles. The highest BCUT2D eigenvalue weighted by molar-refractivity contribution is 7.99. The first-order valence-electron chi connectivity index (χ1n) is 5.71. The minimum Gasteiger partial charge on any atom is -0.462 e. The van der Waals surface area contributed by atoms with Crippen molar-refractivity contribution < 1.29 is 9.53 Å². The standard InChI is InChI=1S/C12H14N4O2S/c1-3-18-11(17)8-5-4-6-9(13)10(8)19-12-15-14-7-16(12)2/h4-7H,3,13H2,1-2H3. The predicted molar refractivity (Wildman–Crippen MR) is 71.9 cm³/mol. The highest BCUT2D eigenvalue weighted by Crippen LogP contribution is 2.33. The van der Waals surface area contributed by atoms with Gasteiger partial charge in [-0.3, -0.25) is 0 Å². The van der Waals surface area contributed by atoms with Crippen LogP contribution < -0.4 is 5.73 Å². The number of hydrogen-bond donors (Lipinski definition) is 1. The fourth-order valence-electron chi connectivity index (χ4n) is 1.49. The number of nitrogens with two attached hydrogens (primary N) is 1. The topological polar surface area (TPSA) is 83.0 Å². The fraction of sp³-hybridized carbons (Fsp3) is 0.250. The van der Waals surface area contributed by atoms with Gasteiger partial charge in [-0.15, -0.1) is 10.2 Å². The molecule has 6 nitrogen and oxygen atoms in total. The van der Waals surface area contributed by atoms with E-state index in [0.717, 1.165) is 0 Å². The quantitative estimate of drug-likeness (QED) is 0.677. The number of nitrogen functional groups attached to an aromatic ring is 1. The molecule has 1 aromatic carbocycles. The van der Waals surface area contributed by atoms with Crippen LogP contribution in [-0.2, 0) is 11.8 Å². The molecule has 0 aliphatic heterocycles. The molecule has 0 unspecified atom stereocenters. The van der Waals surface area contributed by atoms with Crippen molar-refractivity contribution in [3.8, 4) is 0 Å². The summed E-state index contributed by atoms with van der Waals surface area (Å²) in [7, 11) is 1.82. The molecule has 100 valence electrons. The van der Waals surface area contributed by atoms with Gasteiger partial charge in [-0.25, -0.2) is 4.79 Å². The summed E-state index contributed by atoms with van der Waals surface area (Å²) in [5.41, 5.74) is 6.89. The molecule has 1 heterocycles. The van der Waals surface area contributed by atoms with E-state index >= 15 is 0 Å². The van der Waals surface area contributed by atoms with E-state index in [9.17, 15) is 4.79 Å². The van der Waals surface area contributed by atoms with Crippen molar-refractivity contribution in [2.75, 3.05) is 12.3 Å². The number of anilines is 1. The molecule has 0 bridgehead atoms. The molecule has 0 atom stereocenters. The fourth-order valence-corrected chi connectivity index (χ4v) is 2.40. The monoisotopic (exact) mass is 278 g/mol. The third-order valence-electron chi connectivity index (χ3n) is 2.40. The zero-order valence-corrected chi connectivity index (χ0v) is 11.5. The molecule has 0 fully saturated rings. The minimum atomic E-state index is -0.389. The van der Waals surface area contributed by atoms with E-state index in [2.05, 4.69) is 10.2 Å². The lowest BCUT2D eigenvalue weighted by Gasteiger charge is -2.10. The Balaban J connectivity index is 2.38. The second kappa shape index (κ2) is 5.75. The van der Waals surface area contributed by atoms with Gasteiger partial charge in [-0.05, 0) is 30.8 Å². The molecule has 0 aliphatic carbocycles. The van der Waals surface area contributed by atoms with Crippen molar-refractivity contribution in [3.05, 3.63) is 30.1 Å². The average molecular weight is 278 g/mol. The van der Waals surface area contributed by atoms with Crippen LogP contribution in [0.2, 0.25) is 0 Å². The Labute approximate surface area is 115 Å². The average Bonchev–Trinajstić information content (AvgIpc) is 2.78. The SMILES string of the molecule is CCOC(=O)c1cccc(N)c1Sc1nncn1C. The lowest BCUT2D eigenvalue weighted by Crippen LogP contribution is -2.08. The molecule has 2 rings (SSSR count). The normalized spacial score (nSPS) is 10.4. The second-order valence-corrected chi connectivity index (χ2v) is 4.75. The van der Waals surface area contributed by atoms with E-state index in [1.54, 1.807) is 36.0 Å². The first-order valence-corrected chi connectivity index (χ1v) is 6.52. The molecular weight excluding hydrogens is 264 g/mol. The molecule has 0 spiro atoms. The van der Waals surface area contributed by atoms with Gasteiger partial charge in [0.25, 0.3) is 0 Å². The van der Waals surface area contributed by atoms with Crippen LogP contribution >= 0.6 is 11.8 Å². The number of hydrogen-bond acceptors (Lipinski definition) is 6. The number of esters is 1. The molecule has 0 amide bonds. The van der Waals surface area contributed by atoms with Crippen LogP contribution in [0.1, 0.15) is 17.3 Å². The predicted octanol–water partition coefficient (Wildman–Crippen LogP) is 1.73. The first-order chi connectivity index (χ1) is 9.13. The second-order valence-electron chi connectivity index (χ2n) is 3.77. The van der Waals surface area contributed by atoms with Crippen molar-refractivity contribution in [2.45, 2.75) is 17.0 Å². The molecule has 7 heteroatoms. The smallest absolute Gasteiger partial charge is 0.339 e. The first kappa shape index (κ1) is 13.4. The summed E-state index contributed by atoms with van der Waals surface area (Å²) >= 11 is 1.29. The Morgan fingerprint density at radius 3 is 2.95 bits per heavy atom. The maximum Gasteiger partial charge on any atom is 0.339 e. The third kappa shape index (κ3) is 2.87. The number of benzene rings is 1. The summed E-state index contributed by atoms with van der Waals surface area (Å²) in [4.78, 5) is 12.5. The van der Waals surface area contributed by atoms with E-state index in [1.165, 1.54) is 11.8 Å². The summed E-state index contributed by atoms with van der Waals surface area (Å²) in [5, 5.41) is 8.42. The van der Waals surface area contributed by atoms with Crippen molar-refractivity contribution in [2.24, 2.45) is 7.05 Å². The van der Waals surface area contributed by atoms with Crippen LogP contribution in [0.15, 0.2) is 34.6 Å². The number of carbonyl (C=O) groups is 1. The van der Waals surface area contributed by atoms with Crippen LogP contribution in [0.4, 0.5) is 5.69 Å². The molecule has 1 aromatic heterocycles. The Morgan fingerprint density at radius 1 is 1.53 bits per heavy atom. The summed E-state index contributed by atoms with van der Waals surface area (Å²) in [6.07, 6.45) is 1.59. The lowest BCUT2D eigenvalue weighted by molar-refractivity contribution is 0.0522. The number of ether oxygens (including phenoxy) is 1. The van der Waals surface area contributed by atoms with E-state index < -0.39 is 0 Å². The van der Waals surface area contributed by atoms with E-state index in [-0.39, 0.29) is 5.97 Å². The molecule has 2 N–H and O–H groups in total. The Morgan fingerprint density at radius 2 is 2.32 bits per heavy atom. The van der Waals surface area contributed by atoms with Crippen LogP contribution in [-0.4, -0.2) is 27.3 Å². The van der Waals surface area contributed by atoms with Gasteiger partial charge in [-0.1, -0.05) is 6.07 Å². The van der Waals surface area contributed by atoms with Gasteiger partial charge in [0.05, 0.1) is 17.1 Å².